The van der Waals surface area contributed by atoms with Crippen molar-refractivity contribution >= 4 is 0 Å². The van der Waals surface area contributed by atoms with Crippen molar-refractivity contribution in [2.24, 2.45) is 5.41 Å². The minimum atomic E-state index is -0.0829. The van der Waals surface area contributed by atoms with Gasteiger partial charge in [-0.15, -0.1) is 0 Å². The molecule has 0 unspecified atom stereocenters. The fourth-order valence-corrected chi connectivity index (χ4v) is 3.60. The Hall–Kier alpha value is -0.760. The van der Waals surface area contributed by atoms with Crippen molar-refractivity contribution < 1.29 is 9.47 Å². The summed E-state index contributed by atoms with van der Waals surface area (Å²) in [7, 11) is 1.73. The fourth-order valence-electron chi connectivity index (χ4n) is 3.60. The number of ether oxygens (including phenoxy) is 2. The second-order valence-electron chi connectivity index (χ2n) is 6.38. The fraction of sp³-hybridized carbons (Fsp3) is 0.750. The van der Waals surface area contributed by atoms with Crippen LogP contribution in [0.4, 0.5) is 0 Å². The molecule has 0 aliphatic carbocycles. The third-order valence-electron chi connectivity index (χ3n) is 4.63. The molecule has 2 fully saturated rings. The van der Waals surface area contributed by atoms with Crippen molar-refractivity contribution in [3.63, 3.8) is 0 Å². The van der Waals surface area contributed by atoms with E-state index in [9.17, 15) is 0 Å². The third-order valence-corrected chi connectivity index (χ3v) is 4.63. The van der Waals surface area contributed by atoms with Gasteiger partial charge in [-0.3, -0.25) is 0 Å². The molecular formula is C16H26O2. The molecule has 2 rings (SSSR count). The summed E-state index contributed by atoms with van der Waals surface area (Å²) in [5.74, 6) is 0. The first-order chi connectivity index (χ1) is 8.42. The molecule has 102 valence electrons. The van der Waals surface area contributed by atoms with Crippen LogP contribution in [0.2, 0.25) is 0 Å². The Kier molecular flexibility index (Phi) is 3.59. The zero-order valence-electron chi connectivity index (χ0n) is 12.4. The average molecular weight is 250 g/mol. The Morgan fingerprint density at radius 1 is 1.44 bits per heavy atom. The molecule has 0 N–H and O–H groups in total. The number of rotatable bonds is 4. The van der Waals surface area contributed by atoms with Gasteiger partial charge in [0.2, 0.25) is 0 Å². The normalized spacial score (nSPS) is 40.3. The van der Waals surface area contributed by atoms with Crippen LogP contribution < -0.4 is 0 Å². The van der Waals surface area contributed by atoms with Gasteiger partial charge in [-0.1, -0.05) is 18.6 Å². The molecular weight excluding hydrogens is 224 g/mol. The number of hydrogen-bond acceptors (Lipinski definition) is 2. The molecule has 3 atom stereocenters. The van der Waals surface area contributed by atoms with E-state index in [4.69, 9.17) is 9.47 Å². The minimum absolute atomic E-state index is 0.0829. The summed E-state index contributed by atoms with van der Waals surface area (Å²) >= 11 is 0. The van der Waals surface area contributed by atoms with Crippen LogP contribution in [0.5, 0.6) is 0 Å². The van der Waals surface area contributed by atoms with Gasteiger partial charge >= 0.3 is 0 Å². The summed E-state index contributed by atoms with van der Waals surface area (Å²) < 4.78 is 11.5. The van der Waals surface area contributed by atoms with Gasteiger partial charge in [-0.2, -0.15) is 0 Å². The predicted molar refractivity (Wildman–Crippen MR) is 74.4 cm³/mol. The van der Waals surface area contributed by atoms with Crippen molar-refractivity contribution in [3.05, 3.63) is 23.5 Å². The van der Waals surface area contributed by atoms with Crippen LogP contribution in [0.3, 0.4) is 0 Å². The van der Waals surface area contributed by atoms with Crippen molar-refractivity contribution in [3.8, 4) is 0 Å². The van der Waals surface area contributed by atoms with Gasteiger partial charge in [0.05, 0.1) is 25.1 Å². The molecule has 0 spiro atoms. The van der Waals surface area contributed by atoms with Crippen molar-refractivity contribution in [1.29, 1.82) is 0 Å². The molecule has 2 bridgehead atoms. The standard InChI is InChI=1S/C16H26O2/c1-12(2)7-6-9-15(3)13(11-17-5)16(4)10-8-14(15)18-16/h7,11,14H,6,8-10H2,1-5H3/b13-11+/t14-,15-,16+/m1/s1. The van der Waals surface area contributed by atoms with Crippen LogP contribution in [-0.2, 0) is 9.47 Å². The molecule has 2 aliphatic heterocycles. The lowest BCUT2D eigenvalue weighted by atomic mass is 9.65. The summed E-state index contributed by atoms with van der Waals surface area (Å²) in [6.45, 7) is 8.87. The third kappa shape index (κ3) is 2.11. The van der Waals surface area contributed by atoms with E-state index >= 15 is 0 Å². The molecule has 0 aromatic rings. The van der Waals surface area contributed by atoms with Gasteiger partial charge in [0.15, 0.2) is 0 Å². The minimum Gasteiger partial charge on any atom is -0.504 e. The lowest BCUT2D eigenvalue weighted by Gasteiger charge is -2.35. The zero-order chi connectivity index (χ0) is 13.4. The lowest BCUT2D eigenvalue weighted by Crippen LogP contribution is -2.34. The van der Waals surface area contributed by atoms with Crippen molar-refractivity contribution in [1.82, 2.24) is 0 Å². The molecule has 2 heteroatoms. The molecule has 0 aromatic carbocycles. The molecule has 0 amide bonds. The molecule has 0 radical (unpaired) electrons. The Balaban J connectivity index is 2.20. The Morgan fingerprint density at radius 3 is 2.78 bits per heavy atom. The van der Waals surface area contributed by atoms with Gasteiger partial charge in [0.25, 0.3) is 0 Å². The number of hydrogen-bond donors (Lipinski definition) is 0. The van der Waals surface area contributed by atoms with Crippen molar-refractivity contribution in [2.45, 2.75) is 65.1 Å². The monoisotopic (exact) mass is 250 g/mol. The van der Waals surface area contributed by atoms with Gasteiger partial charge in [0.1, 0.15) is 0 Å². The van der Waals surface area contributed by atoms with E-state index < -0.39 is 0 Å². The highest BCUT2D eigenvalue weighted by atomic mass is 16.5. The lowest BCUT2D eigenvalue weighted by molar-refractivity contribution is 0.0185. The highest BCUT2D eigenvalue weighted by molar-refractivity contribution is 5.32. The van der Waals surface area contributed by atoms with Crippen LogP contribution in [0, 0.1) is 5.41 Å². The maximum absolute atomic E-state index is 6.23. The molecule has 2 saturated heterocycles. The second kappa shape index (κ2) is 4.73. The van der Waals surface area contributed by atoms with Crippen LogP contribution >= 0.6 is 0 Å². The SMILES string of the molecule is CO/C=C1/[C@]2(C)CC[C@@H](O2)[C@]1(C)CCC=C(C)C. The molecule has 18 heavy (non-hydrogen) atoms. The first-order valence-electron chi connectivity index (χ1n) is 6.97. The highest BCUT2D eigenvalue weighted by Gasteiger charge is 2.59. The van der Waals surface area contributed by atoms with E-state index in [2.05, 4.69) is 33.8 Å². The maximum atomic E-state index is 6.23. The Bertz CT molecular complexity index is 379. The van der Waals surface area contributed by atoms with E-state index in [-0.39, 0.29) is 11.0 Å². The summed E-state index contributed by atoms with van der Waals surface area (Å²) in [5.41, 5.74) is 2.82. The summed E-state index contributed by atoms with van der Waals surface area (Å²) in [4.78, 5) is 0. The zero-order valence-corrected chi connectivity index (χ0v) is 12.4. The average Bonchev–Trinajstić information content (AvgIpc) is 2.76. The van der Waals surface area contributed by atoms with E-state index in [1.807, 2.05) is 6.26 Å². The Morgan fingerprint density at radius 2 is 2.17 bits per heavy atom. The highest BCUT2D eigenvalue weighted by Crippen LogP contribution is 2.59. The predicted octanol–water partition coefficient (Wildman–Crippen LogP) is 4.22. The van der Waals surface area contributed by atoms with Crippen LogP contribution in [-0.4, -0.2) is 18.8 Å². The number of methoxy groups -OCH3 is 1. The summed E-state index contributed by atoms with van der Waals surface area (Å²) in [6, 6.07) is 0. The van der Waals surface area contributed by atoms with E-state index in [0.29, 0.717) is 6.10 Å². The van der Waals surface area contributed by atoms with Gasteiger partial charge < -0.3 is 9.47 Å². The summed E-state index contributed by atoms with van der Waals surface area (Å²) in [6.07, 6.45) is 9.21. The van der Waals surface area contributed by atoms with Crippen LogP contribution in [0.25, 0.3) is 0 Å². The Labute approximate surface area is 111 Å². The molecule has 0 saturated carbocycles. The maximum Gasteiger partial charge on any atom is 0.0907 e. The van der Waals surface area contributed by atoms with Gasteiger partial charge in [0, 0.05) is 11.0 Å². The summed E-state index contributed by atoms with van der Waals surface area (Å²) in [5, 5.41) is 0. The van der Waals surface area contributed by atoms with E-state index in [1.54, 1.807) is 7.11 Å². The van der Waals surface area contributed by atoms with E-state index in [1.165, 1.54) is 17.6 Å². The van der Waals surface area contributed by atoms with Crippen molar-refractivity contribution in [2.75, 3.05) is 7.11 Å². The molecule has 0 aromatic heterocycles. The van der Waals surface area contributed by atoms with Gasteiger partial charge in [-0.05, 0) is 46.5 Å². The first-order valence-corrected chi connectivity index (χ1v) is 6.97. The first kappa shape index (κ1) is 13.7. The van der Waals surface area contributed by atoms with Gasteiger partial charge in [-0.25, -0.2) is 0 Å². The second-order valence-corrected chi connectivity index (χ2v) is 6.38. The van der Waals surface area contributed by atoms with Crippen LogP contribution in [0.15, 0.2) is 23.5 Å². The number of allylic oxidation sites excluding steroid dienone is 2. The topological polar surface area (TPSA) is 18.5 Å². The smallest absolute Gasteiger partial charge is 0.0907 e. The number of fused-ring (bicyclic) bond motifs is 2. The molecule has 2 aliphatic rings. The molecule has 2 heterocycles. The quantitative estimate of drug-likeness (QED) is 0.549. The van der Waals surface area contributed by atoms with E-state index in [0.717, 1.165) is 19.3 Å². The molecule has 2 nitrogen and oxygen atoms in total. The largest absolute Gasteiger partial charge is 0.504 e. The van der Waals surface area contributed by atoms with Crippen LogP contribution in [0.1, 0.15) is 53.4 Å².